The summed E-state index contributed by atoms with van der Waals surface area (Å²) in [6, 6.07) is 16.5. The Morgan fingerprint density at radius 3 is 1.77 bits per heavy atom. The maximum Gasteiger partial charge on any atom is 0.259 e. The van der Waals surface area contributed by atoms with Crippen LogP contribution in [0, 0.1) is 0 Å². The Labute approximate surface area is 184 Å². The third-order valence-corrected chi connectivity index (χ3v) is 4.73. The molecule has 0 spiro atoms. The molecule has 3 aromatic carbocycles. The van der Waals surface area contributed by atoms with Crippen molar-refractivity contribution in [3.8, 4) is 17.2 Å². The highest BCUT2D eigenvalue weighted by atomic mass is 35.5. The maximum atomic E-state index is 13.0. The van der Waals surface area contributed by atoms with Gasteiger partial charge in [0.2, 0.25) is 0 Å². The molecule has 0 saturated carbocycles. The summed E-state index contributed by atoms with van der Waals surface area (Å²) >= 11 is 5.88. The van der Waals surface area contributed by atoms with Crippen LogP contribution in [0.5, 0.6) is 17.2 Å². The van der Waals surface area contributed by atoms with E-state index >= 15 is 0 Å². The molecule has 0 unspecified atom stereocenters. The van der Waals surface area contributed by atoms with Crippen LogP contribution < -0.4 is 24.8 Å². The molecule has 0 aliphatic rings. The number of ether oxygens (including phenoxy) is 3. The van der Waals surface area contributed by atoms with Gasteiger partial charge in [-0.2, -0.15) is 0 Å². The van der Waals surface area contributed by atoms with E-state index in [4.69, 9.17) is 25.8 Å². The van der Waals surface area contributed by atoms with Crippen LogP contribution in [-0.4, -0.2) is 33.1 Å². The molecule has 0 aliphatic heterocycles. The molecule has 2 N–H and O–H groups in total. The Kier molecular flexibility index (Phi) is 6.99. The zero-order valence-electron chi connectivity index (χ0n) is 17.2. The number of para-hydroxylation sites is 2. The van der Waals surface area contributed by atoms with E-state index in [1.165, 1.54) is 27.4 Å². The summed E-state index contributed by atoms with van der Waals surface area (Å²) in [6.45, 7) is 0. The second kappa shape index (κ2) is 9.86. The molecule has 160 valence electrons. The number of carbonyl (C=O) groups is 2. The van der Waals surface area contributed by atoms with E-state index in [0.717, 1.165) is 0 Å². The van der Waals surface area contributed by atoms with Crippen LogP contribution in [0.25, 0.3) is 0 Å². The molecule has 8 heteroatoms. The lowest BCUT2D eigenvalue weighted by atomic mass is 10.1. The molecule has 0 heterocycles. The van der Waals surface area contributed by atoms with Gasteiger partial charge in [0.25, 0.3) is 11.8 Å². The highest BCUT2D eigenvalue weighted by Crippen LogP contribution is 2.35. The van der Waals surface area contributed by atoms with Gasteiger partial charge in [0.05, 0.1) is 38.3 Å². The minimum absolute atomic E-state index is 0.249. The third kappa shape index (κ3) is 5.07. The van der Waals surface area contributed by atoms with Crippen molar-refractivity contribution in [3.63, 3.8) is 0 Å². The second-order valence-electron chi connectivity index (χ2n) is 6.37. The van der Waals surface area contributed by atoms with Crippen molar-refractivity contribution in [1.29, 1.82) is 0 Å². The van der Waals surface area contributed by atoms with Gasteiger partial charge in [-0.3, -0.25) is 9.59 Å². The Bertz CT molecular complexity index is 1100. The Balaban J connectivity index is 1.86. The number of hydrogen-bond donors (Lipinski definition) is 2. The lowest BCUT2D eigenvalue weighted by Crippen LogP contribution is -2.17. The zero-order chi connectivity index (χ0) is 22.4. The highest BCUT2D eigenvalue weighted by molar-refractivity contribution is 6.30. The van der Waals surface area contributed by atoms with Crippen LogP contribution in [0.3, 0.4) is 0 Å². The van der Waals surface area contributed by atoms with Gasteiger partial charge in [0.1, 0.15) is 5.75 Å². The van der Waals surface area contributed by atoms with Gasteiger partial charge in [-0.15, -0.1) is 0 Å². The Morgan fingerprint density at radius 2 is 1.23 bits per heavy atom. The monoisotopic (exact) mass is 440 g/mol. The fourth-order valence-electron chi connectivity index (χ4n) is 2.89. The molecule has 7 nitrogen and oxygen atoms in total. The van der Waals surface area contributed by atoms with E-state index in [-0.39, 0.29) is 11.5 Å². The maximum absolute atomic E-state index is 13.0. The van der Waals surface area contributed by atoms with Gasteiger partial charge in [-0.25, -0.2) is 0 Å². The number of hydrogen-bond acceptors (Lipinski definition) is 5. The van der Waals surface area contributed by atoms with Crippen LogP contribution in [-0.2, 0) is 0 Å². The molecule has 0 radical (unpaired) electrons. The molecule has 3 rings (SSSR count). The first-order valence-corrected chi connectivity index (χ1v) is 9.62. The molecule has 0 atom stereocenters. The van der Waals surface area contributed by atoms with Gasteiger partial charge in [0, 0.05) is 22.7 Å². The summed E-state index contributed by atoms with van der Waals surface area (Å²) in [5, 5.41) is 6.14. The summed E-state index contributed by atoms with van der Waals surface area (Å²) in [6.07, 6.45) is 0. The fraction of sp³-hybridized carbons (Fsp3) is 0.130. The largest absolute Gasteiger partial charge is 0.496 e. The van der Waals surface area contributed by atoms with E-state index in [2.05, 4.69) is 10.6 Å². The van der Waals surface area contributed by atoms with Crippen LogP contribution in [0.2, 0.25) is 5.02 Å². The number of anilines is 2. The average Bonchev–Trinajstić information content (AvgIpc) is 2.79. The number of methoxy groups -OCH3 is 3. The normalized spacial score (nSPS) is 10.2. The van der Waals surface area contributed by atoms with Crippen molar-refractivity contribution in [2.45, 2.75) is 0 Å². The number of amides is 2. The number of halogens is 1. The predicted molar refractivity (Wildman–Crippen MR) is 120 cm³/mol. The van der Waals surface area contributed by atoms with Crippen LogP contribution in [0.4, 0.5) is 11.4 Å². The average molecular weight is 441 g/mol. The number of benzene rings is 3. The minimum Gasteiger partial charge on any atom is -0.496 e. The quantitative estimate of drug-likeness (QED) is 0.547. The second-order valence-corrected chi connectivity index (χ2v) is 6.80. The Hall–Kier alpha value is -3.71. The van der Waals surface area contributed by atoms with Gasteiger partial charge < -0.3 is 24.8 Å². The predicted octanol–water partition coefficient (Wildman–Crippen LogP) is 4.87. The van der Waals surface area contributed by atoms with E-state index in [9.17, 15) is 9.59 Å². The molecule has 2 amide bonds. The topological polar surface area (TPSA) is 85.9 Å². The van der Waals surface area contributed by atoms with E-state index in [0.29, 0.717) is 39.2 Å². The molecule has 0 fully saturated rings. The van der Waals surface area contributed by atoms with Crippen LogP contribution in [0.1, 0.15) is 20.7 Å². The smallest absolute Gasteiger partial charge is 0.259 e. The molecular weight excluding hydrogens is 420 g/mol. The molecule has 3 aromatic rings. The zero-order valence-corrected chi connectivity index (χ0v) is 17.9. The number of carbonyl (C=O) groups excluding carboxylic acids is 2. The summed E-state index contributed by atoms with van der Waals surface area (Å²) in [7, 11) is 4.43. The van der Waals surface area contributed by atoms with E-state index in [1.807, 2.05) is 0 Å². The molecule has 0 saturated heterocycles. The number of rotatable bonds is 7. The molecular formula is C23H21ClN2O5. The summed E-state index contributed by atoms with van der Waals surface area (Å²) in [5.41, 5.74) is 1.55. The summed E-state index contributed by atoms with van der Waals surface area (Å²) < 4.78 is 15.9. The van der Waals surface area contributed by atoms with E-state index in [1.54, 1.807) is 54.6 Å². The molecule has 0 aliphatic carbocycles. The first kappa shape index (κ1) is 22.0. The standard InChI is InChI=1S/C23H21ClN2O5/c1-29-19-13-21(31-3)20(30-2)12-16(19)23(28)26-18-7-5-4-6-17(18)25-22(27)14-8-10-15(24)11-9-14/h4-13H,1-3H3,(H,25,27)(H,26,28). The van der Waals surface area contributed by atoms with Gasteiger partial charge in [0.15, 0.2) is 11.5 Å². The third-order valence-electron chi connectivity index (χ3n) is 4.48. The van der Waals surface area contributed by atoms with Gasteiger partial charge in [-0.05, 0) is 36.4 Å². The lowest BCUT2D eigenvalue weighted by molar-refractivity contribution is 0.101. The molecule has 0 bridgehead atoms. The van der Waals surface area contributed by atoms with Crippen molar-refractivity contribution in [2.75, 3.05) is 32.0 Å². The van der Waals surface area contributed by atoms with Gasteiger partial charge in [-0.1, -0.05) is 23.7 Å². The summed E-state index contributed by atoms with van der Waals surface area (Å²) in [5.74, 6) is 0.371. The molecule has 31 heavy (non-hydrogen) atoms. The van der Waals surface area contributed by atoms with Crippen LogP contribution >= 0.6 is 11.6 Å². The van der Waals surface area contributed by atoms with Crippen molar-refractivity contribution >= 4 is 34.8 Å². The first-order chi connectivity index (χ1) is 15.0. The highest BCUT2D eigenvalue weighted by Gasteiger charge is 2.19. The van der Waals surface area contributed by atoms with E-state index < -0.39 is 5.91 Å². The SMILES string of the molecule is COc1cc(OC)c(C(=O)Nc2ccccc2NC(=O)c2ccc(Cl)cc2)cc1OC. The van der Waals surface area contributed by atoms with Crippen molar-refractivity contribution in [3.05, 3.63) is 76.8 Å². The first-order valence-electron chi connectivity index (χ1n) is 9.24. The van der Waals surface area contributed by atoms with Crippen molar-refractivity contribution in [2.24, 2.45) is 0 Å². The molecule has 0 aromatic heterocycles. The lowest BCUT2D eigenvalue weighted by Gasteiger charge is -2.16. The van der Waals surface area contributed by atoms with Crippen molar-refractivity contribution < 1.29 is 23.8 Å². The minimum atomic E-state index is -0.439. The Morgan fingerprint density at radius 1 is 0.710 bits per heavy atom. The fourth-order valence-corrected chi connectivity index (χ4v) is 3.02. The van der Waals surface area contributed by atoms with Gasteiger partial charge >= 0.3 is 0 Å². The number of nitrogens with one attached hydrogen (secondary N) is 2. The van der Waals surface area contributed by atoms with Crippen LogP contribution in [0.15, 0.2) is 60.7 Å². The van der Waals surface area contributed by atoms with Crippen molar-refractivity contribution in [1.82, 2.24) is 0 Å². The summed E-state index contributed by atoms with van der Waals surface area (Å²) in [4.78, 5) is 25.6.